The number of hydrazone groups is 1. The van der Waals surface area contributed by atoms with Crippen LogP contribution in [0.15, 0.2) is 58.3 Å². The van der Waals surface area contributed by atoms with Crippen LogP contribution in [0.25, 0.3) is 17.3 Å². The number of allylic oxidation sites excluding steroid dienone is 1. The van der Waals surface area contributed by atoms with E-state index in [4.69, 9.17) is 4.42 Å². The van der Waals surface area contributed by atoms with Crippen LogP contribution in [0.3, 0.4) is 0 Å². The number of aromatic amines is 1. The van der Waals surface area contributed by atoms with Gasteiger partial charge in [0.1, 0.15) is 11.5 Å². The summed E-state index contributed by atoms with van der Waals surface area (Å²) in [5, 5.41) is 11.1. The number of aromatic nitrogens is 2. The Morgan fingerprint density at radius 1 is 1.24 bits per heavy atom. The van der Waals surface area contributed by atoms with Crippen LogP contribution >= 0.6 is 0 Å². The number of hydrogen-bond donors (Lipinski definition) is 2. The summed E-state index contributed by atoms with van der Waals surface area (Å²) in [6.07, 6.45) is 8.23. The molecule has 1 aromatic carbocycles. The monoisotopic (exact) mass is 332 g/mol. The Bertz CT molecular complexity index is 952. The lowest BCUT2D eigenvalue weighted by Gasteiger charge is -2.15. The second kappa shape index (κ2) is 6.60. The topological polar surface area (TPSA) is 83.3 Å². The zero-order valence-electron chi connectivity index (χ0n) is 13.4. The zero-order valence-corrected chi connectivity index (χ0v) is 13.4. The number of furan rings is 1. The predicted octanol–water partition coefficient (Wildman–Crippen LogP) is 3.20. The minimum absolute atomic E-state index is 0.296. The molecule has 1 amide bonds. The predicted molar refractivity (Wildman–Crippen MR) is 95.1 cm³/mol. The molecule has 0 saturated carbocycles. The Kier molecular flexibility index (Phi) is 4.00. The van der Waals surface area contributed by atoms with Crippen molar-refractivity contribution in [3.63, 3.8) is 0 Å². The van der Waals surface area contributed by atoms with Crippen LogP contribution in [0, 0.1) is 0 Å². The fourth-order valence-electron chi connectivity index (χ4n) is 2.97. The van der Waals surface area contributed by atoms with Crippen LogP contribution < -0.4 is 5.43 Å². The summed E-state index contributed by atoms with van der Waals surface area (Å²) in [6.45, 7) is 0. The van der Waals surface area contributed by atoms with Gasteiger partial charge in [0, 0.05) is 17.3 Å². The van der Waals surface area contributed by atoms with Gasteiger partial charge in [-0.2, -0.15) is 10.2 Å². The van der Waals surface area contributed by atoms with Crippen molar-refractivity contribution in [2.45, 2.75) is 12.8 Å². The summed E-state index contributed by atoms with van der Waals surface area (Å²) < 4.78 is 5.16. The first kappa shape index (κ1) is 15.1. The van der Waals surface area contributed by atoms with E-state index in [0.717, 1.165) is 35.4 Å². The summed E-state index contributed by atoms with van der Waals surface area (Å²) >= 11 is 0. The minimum Gasteiger partial charge on any atom is -0.465 e. The highest BCUT2D eigenvalue weighted by atomic mass is 16.3. The van der Waals surface area contributed by atoms with Gasteiger partial charge in [-0.15, -0.1) is 0 Å². The molecule has 0 spiro atoms. The highest BCUT2D eigenvalue weighted by Crippen LogP contribution is 2.33. The highest BCUT2D eigenvalue weighted by molar-refractivity contribution is 5.96. The molecule has 124 valence electrons. The summed E-state index contributed by atoms with van der Waals surface area (Å²) in [5.41, 5.74) is 7.13. The molecule has 4 rings (SSSR count). The van der Waals surface area contributed by atoms with Gasteiger partial charge in [-0.05, 0) is 42.7 Å². The molecule has 0 fully saturated rings. The first-order valence-corrected chi connectivity index (χ1v) is 8.02. The van der Waals surface area contributed by atoms with Gasteiger partial charge in [-0.3, -0.25) is 9.89 Å². The largest absolute Gasteiger partial charge is 0.465 e. The number of nitrogens with zero attached hydrogens (tertiary/aromatic N) is 2. The maximum atomic E-state index is 12.3. The Morgan fingerprint density at radius 3 is 3.04 bits per heavy atom. The van der Waals surface area contributed by atoms with E-state index in [2.05, 4.69) is 26.8 Å². The van der Waals surface area contributed by atoms with Crippen LogP contribution in [0.5, 0.6) is 0 Å². The van der Waals surface area contributed by atoms with Crippen molar-refractivity contribution in [3.8, 4) is 11.3 Å². The van der Waals surface area contributed by atoms with E-state index in [1.807, 2.05) is 24.3 Å². The van der Waals surface area contributed by atoms with Gasteiger partial charge in [0.2, 0.25) is 0 Å². The molecule has 0 aliphatic heterocycles. The second-order valence-electron chi connectivity index (χ2n) is 5.68. The summed E-state index contributed by atoms with van der Waals surface area (Å²) in [7, 11) is 0. The van der Waals surface area contributed by atoms with E-state index in [0.29, 0.717) is 5.69 Å². The van der Waals surface area contributed by atoms with E-state index < -0.39 is 0 Å². The number of hydrogen-bond acceptors (Lipinski definition) is 4. The molecule has 3 aromatic rings. The van der Waals surface area contributed by atoms with E-state index in [-0.39, 0.29) is 5.91 Å². The standard InChI is InChI=1S/C19H16N4O2/c24-19(23-20-11-3-6-14-7-4-12-25-14)18-16-10-9-13-5-1-2-8-15(13)17(16)21-22-18/h1-8,11-12H,9-10H2,(H,21,22)(H,23,24)/b6-3-,20-11?. The first-order valence-electron chi connectivity index (χ1n) is 8.02. The van der Waals surface area contributed by atoms with Crippen molar-refractivity contribution in [1.82, 2.24) is 15.6 Å². The molecule has 6 heteroatoms. The number of carbonyl (C=O) groups excluding carboxylic acids is 1. The van der Waals surface area contributed by atoms with Crippen LogP contribution in [-0.4, -0.2) is 22.3 Å². The first-order chi connectivity index (χ1) is 12.3. The van der Waals surface area contributed by atoms with Crippen LogP contribution in [-0.2, 0) is 12.8 Å². The van der Waals surface area contributed by atoms with Gasteiger partial charge >= 0.3 is 0 Å². The Hall–Kier alpha value is -3.41. The molecular weight excluding hydrogens is 316 g/mol. The molecule has 1 aliphatic rings. The number of fused-ring (bicyclic) bond motifs is 3. The summed E-state index contributed by atoms with van der Waals surface area (Å²) in [5.74, 6) is 0.426. The van der Waals surface area contributed by atoms with Crippen molar-refractivity contribution in [1.29, 1.82) is 0 Å². The molecule has 0 radical (unpaired) electrons. The van der Waals surface area contributed by atoms with Gasteiger partial charge in [0.15, 0.2) is 0 Å². The van der Waals surface area contributed by atoms with Crippen molar-refractivity contribution in [2.75, 3.05) is 0 Å². The van der Waals surface area contributed by atoms with E-state index in [9.17, 15) is 4.79 Å². The molecule has 6 nitrogen and oxygen atoms in total. The molecule has 0 bridgehead atoms. The molecule has 2 aromatic heterocycles. The highest BCUT2D eigenvalue weighted by Gasteiger charge is 2.24. The Labute approximate surface area is 144 Å². The number of carbonyl (C=O) groups is 1. The fourth-order valence-corrected chi connectivity index (χ4v) is 2.97. The fraction of sp³-hybridized carbons (Fsp3) is 0.105. The van der Waals surface area contributed by atoms with E-state index in [1.165, 1.54) is 11.8 Å². The third-order valence-corrected chi connectivity index (χ3v) is 4.14. The zero-order chi connectivity index (χ0) is 17.1. The normalized spacial score (nSPS) is 13.1. The number of rotatable bonds is 4. The quantitative estimate of drug-likeness (QED) is 0.568. The number of amides is 1. The molecule has 2 heterocycles. The lowest BCUT2D eigenvalue weighted by atomic mass is 9.89. The van der Waals surface area contributed by atoms with E-state index >= 15 is 0 Å². The Morgan fingerprint density at radius 2 is 2.16 bits per heavy atom. The van der Waals surface area contributed by atoms with Gasteiger partial charge in [-0.25, -0.2) is 5.43 Å². The van der Waals surface area contributed by atoms with Gasteiger partial charge in [0.25, 0.3) is 5.91 Å². The van der Waals surface area contributed by atoms with Gasteiger partial charge in [-0.1, -0.05) is 24.3 Å². The lowest BCUT2D eigenvalue weighted by Crippen LogP contribution is -2.20. The number of aryl methyl sites for hydroxylation is 1. The summed E-state index contributed by atoms with van der Waals surface area (Å²) in [4.78, 5) is 12.3. The smallest absolute Gasteiger partial charge is 0.289 e. The van der Waals surface area contributed by atoms with Gasteiger partial charge in [0.05, 0.1) is 12.0 Å². The van der Waals surface area contributed by atoms with Crippen molar-refractivity contribution >= 4 is 18.2 Å². The second-order valence-corrected chi connectivity index (χ2v) is 5.68. The van der Waals surface area contributed by atoms with E-state index in [1.54, 1.807) is 24.5 Å². The third-order valence-electron chi connectivity index (χ3n) is 4.14. The Balaban J connectivity index is 1.46. The number of nitrogens with one attached hydrogen (secondary N) is 2. The van der Waals surface area contributed by atoms with Crippen LogP contribution in [0.4, 0.5) is 0 Å². The molecular formula is C19H16N4O2. The molecule has 0 unspecified atom stereocenters. The average molecular weight is 332 g/mol. The molecule has 25 heavy (non-hydrogen) atoms. The molecule has 2 N–H and O–H groups in total. The molecule has 1 aliphatic carbocycles. The number of H-pyrrole nitrogens is 1. The average Bonchev–Trinajstić information content (AvgIpc) is 3.31. The molecule has 0 atom stereocenters. The van der Waals surface area contributed by atoms with Gasteiger partial charge < -0.3 is 4.42 Å². The van der Waals surface area contributed by atoms with Crippen molar-refractivity contribution < 1.29 is 9.21 Å². The molecule has 0 saturated heterocycles. The van der Waals surface area contributed by atoms with Crippen LogP contribution in [0.2, 0.25) is 0 Å². The van der Waals surface area contributed by atoms with Crippen molar-refractivity contribution in [2.24, 2.45) is 5.10 Å². The van der Waals surface area contributed by atoms with Crippen molar-refractivity contribution in [3.05, 3.63) is 71.3 Å². The SMILES string of the molecule is O=C(NN=C/C=C\c1ccco1)c1[nH]nc2c1CCc1ccccc1-2. The maximum Gasteiger partial charge on any atom is 0.289 e. The summed E-state index contributed by atoms with van der Waals surface area (Å²) in [6, 6.07) is 11.8. The lowest BCUT2D eigenvalue weighted by molar-refractivity contribution is 0.0949. The minimum atomic E-state index is -0.296. The van der Waals surface area contributed by atoms with Crippen LogP contribution in [0.1, 0.15) is 27.4 Å². The number of benzene rings is 1. The maximum absolute atomic E-state index is 12.3. The third kappa shape index (κ3) is 3.01.